The number of aliphatic hydroxyl groups excluding tert-OH is 1. The monoisotopic (exact) mass is 174 g/mol. The van der Waals surface area contributed by atoms with Gasteiger partial charge in [-0.15, -0.1) is 0 Å². The van der Waals surface area contributed by atoms with Crippen LogP contribution in [-0.4, -0.2) is 30.1 Å². The third-order valence-electron chi connectivity index (χ3n) is 1.26. The number of aliphatic hydroxyl groups is 1. The molecule has 4 heteroatoms. The summed E-state index contributed by atoms with van der Waals surface area (Å²) in [4.78, 5) is 21.7. The molecule has 0 heterocycles. The van der Waals surface area contributed by atoms with Crippen LogP contribution >= 0.6 is 0 Å². The average Bonchev–Trinajstić information content (AvgIpc) is 2.03. The molecule has 0 fully saturated rings. The third kappa shape index (κ3) is 4.08. The molecular weight excluding hydrogens is 160 g/mol. The summed E-state index contributed by atoms with van der Waals surface area (Å²) in [7, 11) is 0. The van der Waals surface area contributed by atoms with Gasteiger partial charge >= 0.3 is 5.97 Å². The molecule has 0 radical (unpaired) electrons. The Bertz CT molecular complexity index is 162. The molecule has 70 valence electrons. The van der Waals surface area contributed by atoms with Gasteiger partial charge in [0.25, 0.3) is 0 Å². The molecule has 0 unspecified atom stereocenters. The standard InChI is InChI=1S/C8H14O4/c1-6(2)7(10)8(11)12-5-3-4-9/h6,9H,3-5H2,1-2H3. The number of hydrogen-bond acceptors (Lipinski definition) is 4. The fourth-order valence-electron chi connectivity index (χ4n) is 0.536. The van der Waals surface area contributed by atoms with Gasteiger partial charge in [-0.3, -0.25) is 4.79 Å². The van der Waals surface area contributed by atoms with Crippen molar-refractivity contribution in [3.63, 3.8) is 0 Å². The van der Waals surface area contributed by atoms with E-state index >= 15 is 0 Å². The molecular formula is C8H14O4. The summed E-state index contributed by atoms with van der Waals surface area (Å²) in [6, 6.07) is 0. The summed E-state index contributed by atoms with van der Waals surface area (Å²) < 4.78 is 4.56. The van der Waals surface area contributed by atoms with Gasteiger partial charge in [0.05, 0.1) is 6.61 Å². The number of rotatable bonds is 5. The highest BCUT2D eigenvalue weighted by Crippen LogP contribution is 1.96. The highest BCUT2D eigenvalue weighted by molar-refractivity contribution is 6.34. The van der Waals surface area contributed by atoms with Crippen LogP contribution in [0.4, 0.5) is 0 Å². The lowest BCUT2D eigenvalue weighted by atomic mass is 10.1. The molecule has 1 N–H and O–H groups in total. The molecule has 0 aromatic rings. The SMILES string of the molecule is CC(C)C(=O)C(=O)OCCCO. The van der Waals surface area contributed by atoms with Crippen molar-refractivity contribution < 1.29 is 19.4 Å². The molecule has 0 aliphatic rings. The van der Waals surface area contributed by atoms with Gasteiger partial charge in [0.2, 0.25) is 5.78 Å². The summed E-state index contributed by atoms with van der Waals surface area (Å²) >= 11 is 0. The van der Waals surface area contributed by atoms with Crippen molar-refractivity contribution in [3.8, 4) is 0 Å². The minimum atomic E-state index is -0.807. The molecule has 0 aromatic carbocycles. The van der Waals surface area contributed by atoms with E-state index in [1.54, 1.807) is 13.8 Å². The van der Waals surface area contributed by atoms with Gasteiger partial charge in [0, 0.05) is 18.9 Å². The maximum absolute atomic E-state index is 10.9. The topological polar surface area (TPSA) is 63.6 Å². The van der Waals surface area contributed by atoms with Crippen molar-refractivity contribution in [3.05, 3.63) is 0 Å². The van der Waals surface area contributed by atoms with Gasteiger partial charge < -0.3 is 9.84 Å². The number of hydrogen-bond donors (Lipinski definition) is 1. The van der Waals surface area contributed by atoms with Gasteiger partial charge in [-0.1, -0.05) is 13.8 Å². The number of Topliss-reactive ketones (excluding diaryl/α,β-unsaturated/α-hetero) is 1. The molecule has 0 aliphatic carbocycles. The molecule has 12 heavy (non-hydrogen) atoms. The zero-order valence-corrected chi connectivity index (χ0v) is 7.37. The van der Waals surface area contributed by atoms with Crippen molar-refractivity contribution in [2.24, 2.45) is 5.92 Å². The summed E-state index contributed by atoms with van der Waals surface area (Å²) in [6.07, 6.45) is 0.372. The zero-order valence-electron chi connectivity index (χ0n) is 7.37. The maximum atomic E-state index is 10.9. The molecule has 0 bridgehead atoms. The van der Waals surface area contributed by atoms with Crippen LogP contribution in [0.15, 0.2) is 0 Å². The van der Waals surface area contributed by atoms with E-state index in [1.807, 2.05) is 0 Å². The summed E-state index contributed by atoms with van der Waals surface area (Å²) in [5.41, 5.74) is 0. The van der Waals surface area contributed by atoms with Crippen LogP contribution in [0.1, 0.15) is 20.3 Å². The second kappa shape index (κ2) is 5.71. The summed E-state index contributed by atoms with van der Waals surface area (Å²) in [5, 5.41) is 8.35. The van der Waals surface area contributed by atoms with Crippen LogP contribution < -0.4 is 0 Å². The van der Waals surface area contributed by atoms with Crippen molar-refractivity contribution >= 4 is 11.8 Å². The van der Waals surface area contributed by atoms with E-state index in [1.165, 1.54) is 0 Å². The Morgan fingerprint density at radius 1 is 1.42 bits per heavy atom. The molecule has 0 saturated carbocycles. The molecule has 0 saturated heterocycles. The lowest BCUT2D eigenvalue weighted by Crippen LogP contribution is -2.22. The number of carbonyl (C=O) groups excluding carboxylic acids is 2. The largest absolute Gasteiger partial charge is 0.460 e. The first-order valence-corrected chi connectivity index (χ1v) is 3.91. The van der Waals surface area contributed by atoms with Gasteiger partial charge in [0.15, 0.2) is 0 Å². The van der Waals surface area contributed by atoms with Crippen LogP contribution in [0.2, 0.25) is 0 Å². The van der Waals surface area contributed by atoms with E-state index in [0.717, 1.165) is 0 Å². The van der Waals surface area contributed by atoms with Crippen molar-refractivity contribution in [1.82, 2.24) is 0 Å². The van der Waals surface area contributed by atoms with Gasteiger partial charge in [0.1, 0.15) is 0 Å². The fourth-order valence-corrected chi connectivity index (χ4v) is 0.536. The molecule has 0 spiro atoms. The maximum Gasteiger partial charge on any atom is 0.374 e. The first-order chi connectivity index (χ1) is 5.59. The van der Waals surface area contributed by atoms with Crippen LogP contribution in [-0.2, 0) is 14.3 Å². The Labute approximate surface area is 71.5 Å². The second-order valence-corrected chi connectivity index (χ2v) is 2.73. The van der Waals surface area contributed by atoms with Crippen LogP contribution in [0.3, 0.4) is 0 Å². The molecule has 0 rings (SSSR count). The highest BCUT2D eigenvalue weighted by atomic mass is 16.5. The van der Waals surface area contributed by atoms with E-state index in [4.69, 9.17) is 5.11 Å². The predicted molar refractivity (Wildman–Crippen MR) is 42.5 cm³/mol. The molecule has 0 aromatic heterocycles. The zero-order chi connectivity index (χ0) is 9.56. The minimum absolute atomic E-state index is 0.0385. The van der Waals surface area contributed by atoms with E-state index < -0.39 is 11.8 Å². The second-order valence-electron chi connectivity index (χ2n) is 2.73. The Kier molecular flexibility index (Phi) is 5.28. The van der Waals surface area contributed by atoms with Gasteiger partial charge in [-0.05, 0) is 0 Å². The molecule has 0 aliphatic heterocycles. The quantitative estimate of drug-likeness (QED) is 0.366. The Hall–Kier alpha value is -0.900. The van der Waals surface area contributed by atoms with Crippen molar-refractivity contribution in [1.29, 1.82) is 0 Å². The first-order valence-electron chi connectivity index (χ1n) is 3.91. The van der Waals surface area contributed by atoms with Crippen LogP contribution in [0.5, 0.6) is 0 Å². The number of ether oxygens (including phenoxy) is 1. The number of carbonyl (C=O) groups is 2. The van der Waals surface area contributed by atoms with E-state index in [0.29, 0.717) is 6.42 Å². The van der Waals surface area contributed by atoms with Gasteiger partial charge in [-0.2, -0.15) is 0 Å². The van der Waals surface area contributed by atoms with Crippen molar-refractivity contribution in [2.45, 2.75) is 20.3 Å². The summed E-state index contributed by atoms with van der Waals surface area (Å²) in [6.45, 7) is 3.34. The van der Waals surface area contributed by atoms with Crippen LogP contribution in [0.25, 0.3) is 0 Å². The highest BCUT2D eigenvalue weighted by Gasteiger charge is 2.18. The fraction of sp³-hybridized carbons (Fsp3) is 0.750. The van der Waals surface area contributed by atoms with E-state index in [2.05, 4.69) is 4.74 Å². The Balaban J connectivity index is 3.65. The van der Waals surface area contributed by atoms with Crippen LogP contribution in [0, 0.1) is 5.92 Å². The lowest BCUT2D eigenvalue weighted by Gasteiger charge is -2.03. The minimum Gasteiger partial charge on any atom is -0.460 e. The lowest BCUT2D eigenvalue weighted by molar-refractivity contribution is -0.155. The normalized spacial score (nSPS) is 10.0. The number of esters is 1. The van der Waals surface area contributed by atoms with E-state index in [9.17, 15) is 9.59 Å². The smallest absolute Gasteiger partial charge is 0.374 e. The van der Waals surface area contributed by atoms with Gasteiger partial charge in [-0.25, -0.2) is 4.79 Å². The Morgan fingerprint density at radius 2 is 2.00 bits per heavy atom. The average molecular weight is 174 g/mol. The molecule has 0 amide bonds. The van der Waals surface area contributed by atoms with Crippen molar-refractivity contribution in [2.75, 3.05) is 13.2 Å². The molecule has 0 atom stereocenters. The Morgan fingerprint density at radius 3 is 2.42 bits per heavy atom. The molecule has 4 nitrogen and oxygen atoms in total. The summed E-state index contributed by atoms with van der Waals surface area (Å²) in [5.74, 6) is -1.65. The number of ketones is 1. The predicted octanol–water partition coefficient (Wildman–Crippen LogP) is 0.137. The first kappa shape index (κ1) is 11.1. The van der Waals surface area contributed by atoms with E-state index in [-0.39, 0.29) is 19.1 Å². The third-order valence-corrected chi connectivity index (χ3v) is 1.26.